The molecule has 0 aliphatic heterocycles. The summed E-state index contributed by atoms with van der Waals surface area (Å²) in [7, 11) is 0. The van der Waals surface area contributed by atoms with Gasteiger partial charge in [-0.3, -0.25) is 4.68 Å². The quantitative estimate of drug-likeness (QED) is 0.737. The molecule has 0 saturated carbocycles. The van der Waals surface area contributed by atoms with Gasteiger partial charge in [0.05, 0.1) is 0 Å². The Bertz CT molecular complexity index is 227. The summed E-state index contributed by atoms with van der Waals surface area (Å²) < 4.78 is 1.81. The van der Waals surface area contributed by atoms with Gasteiger partial charge in [-0.2, -0.15) is 0 Å². The van der Waals surface area contributed by atoms with Crippen LogP contribution < -0.4 is 5.73 Å². The SMILES string of the molecule is CCC(CC)Cn1cnc(N)n1. The van der Waals surface area contributed by atoms with Gasteiger partial charge in [0.2, 0.25) is 5.95 Å². The second kappa shape index (κ2) is 4.09. The van der Waals surface area contributed by atoms with Crippen molar-refractivity contribution in [2.24, 2.45) is 5.92 Å². The second-order valence-corrected chi connectivity index (χ2v) is 3.01. The minimum absolute atomic E-state index is 0.362. The summed E-state index contributed by atoms with van der Waals surface area (Å²) in [4.78, 5) is 3.87. The third kappa shape index (κ3) is 2.22. The first-order valence-corrected chi connectivity index (χ1v) is 4.41. The Morgan fingerprint density at radius 1 is 1.50 bits per heavy atom. The Morgan fingerprint density at radius 2 is 2.17 bits per heavy atom. The van der Waals surface area contributed by atoms with Gasteiger partial charge in [0.25, 0.3) is 0 Å². The average molecular weight is 168 g/mol. The van der Waals surface area contributed by atoms with Crippen molar-refractivity contribution in [2.45, 2.75) is 33.2 Å². The van der Waals surface area contributed by atoms with Crippen molar-refractivity contribution in [3.05, 3.63) is 6.33 Å². The average Bonchev–Trinajstić information content (AvgIpc) is 2.47. The number of aromatic nitrogens is 3. The fourth-order valence-corrected chi connectivity index (χ4v) is 1.21. The van der Waals surface area contributed by atoms with Crippen LogP contribution in [0.2, 0.25) is 0 Å². The van der Waals surface area contributed by atoms with Crippen LogP contribution >= 0.6 is 0 Å². The molecule has 4 nitrogen and oxygen atoms in total. The highest BCUT2D eigenvalue weighted by molar-refractivity contribution is 5.09. The highest BCUT2D eigenvalue weighted by Gasteiger charge is 2.05. The van der Waals surface area contributed by atoms with Gasteiger partial charge in [-0.15, -0.1) is 5.10 Å². The number of rotatable bonds is 4. The van der Waals surface area contributed by atoms with E-state index >= 15 is 0 Å². The molecule has 0 amide bonds. The molecule has 1 rings (SSSR count). The van der Waals surface area contributed by atoms with Crippen molar-refractivity contribution < 1.29 is 0 Å². The van der Waals surface area contributed by atoms with E-state index in [1.807, 2.05) is 4.68 Å². The lowest BCUT2D eigenvalue weighted by molar-refractivity contribution is 0.396. The van der Waals surface area contributed by atoms with Crippen LogP contribution in [0.4, 0.5) is 5.95 Å². The standard InChI is InChI=1S/C8H16N4/c1-3-7(4-2)5-12-6-10-8(9)11-12/h6-7H,3-5H2,1-2H3,(H2,9,11). The van der Waals surface area contributed by atoms with Crippen LogP contribution in [0.25, 0.3) is 0 Å². The van der Waals surface area contributed by atoms with E-state index in [1.165, 1.54) is 12.8 Å². The maximum atomic E-state index is 5.39. The molecule has 68 valence electrons. The molecule has 0 aliphatic rings. The first-order valence-electron chi connectivity index (χ1n) is 4.41. The molecule has 1 heterocycles. The van der Waals surface area contributed by atoms with Crippen molar-refractivity contribution in [2.75, 3.05) is 5.73 Å². The van der Waals surface area contributed by atoms with Gasteiger partial charge >= 0.3 is 0 Å². The van der Waals surface area contributed by atoms with E-state index in [2.05, 4.69) is 23.9 Å². The Labute approximate surface area is 72.8 Å². The van der Waals surface area contributed by atoms with Crippen molar-refractivity contribution >= 4 is 5.95 Å². The van der Waals surface area contributed by atoms with E-state index in [0.29, 0.717) is 11.9 Å². The van der Waals surface area contributed by atoms with Crippen LogP contribution in [-0.2, 0) is 6.54 Å². The zero-order valence-corrected chi connectivity index (χ0v) is 7.70. The summed E-state index contributed by atoms with van der Waals surface area (Å²) in [6, 6.07) is 0. The molecule has 1 aromatic heterocycles. The second-order valence-electron chi connectivity index (χ2n) is 3.01. The summed E-state index contributed by atoms with van der Waals surface area (Å²) in [6.45, 7) is 5.31. The molecule has 12 heavy (non-hydrogen) atoms. The summed E-state index contributed by atoms with van der Waals surface area (Å²) >= 11 is 0. The summed E-state index contributed by atoms with van der Waals surface area (Å²) in [5.74, 6) is 1.05. The number of nitrogens with zero attached hydrogens (tertiary/aromatic N) is 3. The van der Waals surface area contributed by atoms with Crippen LogP contribution in [0.5, 0.6) is 0 Å². The van der Waals surface area contributed by atoms with Crippen LogP contribution in [0.1, 0.15) is 26.7 Å². The lowest BCUT2D eigenvalue weighted by atomic mass is 10.0. The van der Waals surface area contributed by atoms with Crippen LogP contribution in [0, 0.1) is 5.92 Å². The van der Waals surface area contributed by atoms with Gasteiger partial charge in [0.15, 0.2) is 0 Å². The zero-order valence-electron chi connectivity index (χ0n) is 7.70. The minimum atomic E-state index is 0.362. The van der Waals surface area contributed by atoms with Gasteiger partial charge in [0.1, 0.15) is 6.33 Å². The summed E-state index contributed by atoms with van der Waals surface area (Å²) in [5, 5.41) is 4.03. The first-order chi connectivity index (χ1) is 5.76. The normalized spacial score (nSPS) is 10.9. The Hall–Kier alpha value is -1.06. The maximum Gasteiger partial charge on any atom is 0.239 e. The molecular weight excluding hydrogens is 152 g/mol. The van der Waals surface area contributed by atoms with Crippen LogP contribution in [-0.4, -0.2) is 14.8 Å². The van der Waals surface area contributed by atoms with Crippen LogP contribution in [0.15, 0.2) is 6.33 Å². The predicted octanol–water partition coefficient (Wildman–Crippen LogP) is 1.30. The lowest BCUT2D eigenvalue weighted by Gasteiger charge is -2.10. The van der Waals surface area contributed by atoms with Crippen molar-refractivity contribution in [3.8, 4) is 0 Å². The van der Waals surface area contributed by atoms with Crippen molar-refractivity contribution in [1.29, 1.82) is 0 Å². The molecule has 0 bridgehead atoms. The topological polar surface area (TPSA) is 56.7 Å². The third-order valence-corrected chi connectivity index (χ3v) is 2.15. The predicted molar refractivity (Wildman–Crippen MR) is 48.5 cm³/mol. The molecule has 4 heteroatoms. The molecule has 2 N–H and O–H groups in total. The largest absolute Gasteiger partial charge is 0.367 e. The van der Waals surface area contributed by atoms with Gasteiger partial charge < -0.3 is 5.73 Å². The Kier molecular flexibility index (Phi) is 3.08. The molecule has 0 aromatic carbocycles. The fourth-order valence-electron chi connectivity index (χ4n) is 1.21. The van der Waals surface area contributed by atoms with Gasteiger partial charge in [0, 0.05) is 6.54 Å². The first kappa shape index (κ1) is 9.03. The maximum absolute atomic E-state index is 5.39. The molecule has 0 radical (unpaired) electrons. The fraction of sp³-hybridized carbons (Fsp3) is 0.750. The van der Waals surface area contributed by atoms with E-state index < -0.39 is 0 Å². The van der Waals surface area contributed by atoms with E-state index in [1.54, 1.807) is 6.33 Å². The van der Waals surface area contributed by atoms with Crippen LogP contribution in [0.3, 0.4) is 0 Å². The van der Waals surface area contributed by atoms with Gasteiger partial charge in [-0.1, -0.05) is 26.7 Å². The van der Waals surface area contributed by atoms with Crippen molar-refractivity contribution in [3.63, 3.8) is 0 Å². The molecule has 0 unspecified atom stereocenters. The smallest absolute Gasteiger partial charge is 0.239 e. The number of hydrogen-bond donors (Lipinski definition) is 1. The Morgan fingerprint density at radius 3 is 2.58 bits per heavy atom. The van der Waals surface area contributed by atoms with Crippen molar-refractivity contribution in [1.82, 2.24) is 14.8 Å². The third-order valence-electron chi connectivity index (χ3n) is 2.15. The number of anilines is 1. The van der Waals surface area contributed by atoms with E-state index in [-0.39, 0.29) is 0 Å². The highest BCUT2D eigenvalue weighted by Crippen LogP contribution is 2.09. The number of hydrogen-bond acceptors (Lipinski definition) is 3. The van der Waals surface area contributed by atoms with Gasteiger partial charge in [-0.05, 0) is 5.92 Å². The molecule has 0 spiro atoms. The summed E-state index contributed by atoms with van der Waals surface area (Å²) in [5.41, 5.74) is 5.39. The lowest BCUT2D eigenvalue weighted by Crippen LogP contribution is -2.09. The van der Waals surface area contributed by atoms with Gasteiger partial charge in [-0.25, -0.2) is 4.98 Å². The molecular formula is C8H16N4. The molecule has 0 atom stereocenters. The Balaban J connectivity index is 2.50. The van der Waals surface area contributed by atoms with E-state index in [9.17, 15) is 0 Å². The minimum Gasteiger partial charge on any atom is -0.367 e. The molecule has 0 fully saturated rings. The number of nitrogens with two attached hydrogens (primary N) is 1. The van der Waals surface area contributed by atoms with E-state index in [4.69, 9.17) is 5.73 Å². The van der Waals surface area contributed by atoms with E-state index in [0.717, 1.165) is 6.54 Å². The molecule has 0 saturated heterocycles. The molecule has 0 aliphatic carbocycles. The summed E-state index contributed by atoms with van der Waals surface area (Å²) in [6.07, 6.45) is 4.04. The number of nitrogen functional groups attached to an aromatic ring is 1. The highest BCUT2D eigenvalue weighted by atomic mass is 15.4. The monoisotopic (exact) mass is 168 g/mol. The molecule has 1 aromatic rings. The zero-order chi connectivity index (χ0) is 8.97.